The second-order valence-electron chi connectivity index (χ2n) is 8.27. The van der Waals surface area contributed by atoms with Gasteiger partial charge in [-0.15, -0.1) is 0 Å². The van der Waals surface area contributed by atoms with E-state index in [4.69, 9.17) is 9.47 Å². The first-order chi connectivity index (χ1) is 16.2. The van der Waals surface area contributed by atoms with Gasteiger partial charge in [0, 0.05) is 45.0 Å². The Bertz CT molecular complexity index is 1320. The molecule has 5 rings (SSSR count). The predicted octanol–water partition coefficient (Wildman–Crippen LogP) is 2.88. The van der Waals surface area contributed by atoms with E-state index in [0.29, 0.717) is 17.9 Å². The average Bonchev–Trinajstić information content (AvgIpc) is 3.37. The summed E-state index contributed by atoms with van der Waals surface area (Å²) in [6.07, 6.45) is 2.77. The van der Waals surface area contributed by atoms with Crippen LogP contribution in [-0.2, 0) is 6.54 Å². The normalized spacial score (nSPS) is 14.8. The van der Waals surface area contributed by atoms with Crippen LogP contribution in [0.1, 0.15) is 6.42 Å². The lowest BCUT2D eigenvalue weighted by Gasteiger charge is -2.36. The number of rotatable bonds is 7. The van der Waals surface area contributed by atoms with E-state index in [1.165, 1.54) is 0 Å². The molecule has 4 heterocycles. The Labute approximate surface area is 192 Å². The van der Waals surface area contributed by atoms with Gasteiger partial charge < -0.3 is 18.9 Å². The minimum absolute atomic E-state index is 0.0143. The summed E-state index contributed by atoms with van der Waals surface area (Å²) in [7, 11) is 3.32. The van der Waals surface area contributed by atoms with Gasteiger partial charge in [0.1, 0.15) is 11.3 Å². The molecule has 0 atom stereocenters. The molecular weight excluding hydrogens is 418 g/mol. The first-order valence-electron chi connectivity index (χ1n) is 11.3. The van der Waals surface area contributed by atoms with Crippen LogP contribution in [0.5, 0.6) is 11.6 Å². The topological polar surface area (TPSA) is 64.2 Å². The number of benzene rings is 1. The predicted molar refractivity (Wildman–Crippen MR) is 130 cm³/mol. The first-order valence-corrected chi connectivity index (χ1v) is 11.3. The Kier molecular flexibility index (Phi) is 5.92. The quantitative estimate of drug-likeness (QED) is 0.434. The summed E-state index contributed by atoms with van der Waals surface area (Å²) in [5.74, 6) is 1.46. The fourth-order valence-electron chi connectivity index (χ4n) is 4.69. The summed E-state index contributed by atoms with van der Waals surface area (Å²) in [6.45, 7) is 5.50. The highest BCUT2D eigenvalue weighted by Gasteiger charge is 2.19. The molecule has 1 aliphatic rings. The molecule has 8 nitrogen and oxygen atoms in total. The van der Waals surface area contributed by atoms with Crippen LogP contribution in [0.15, 0.2) is 59.5 Å². The maximum atomic E-state index is 13.2. The highest BCUT2D eigenvalue weighted by molar-refractivity contribution is 5.76. The van der Waals surface area contributed by atoms with Crippen molar-refractivity contribution < 1.29 is 9.47 Å². The number of pyridine rings is 1. The molecule has 0 saturated carbocycles. The summed E-state index contributed by atoms with van der Waals surface area (Å²) >= 11 is 0. The van der Waals surface area contributed by atoms with E-state index in [9.17, 15) is 4.79 Å². The number of methoxy groups -OCH3 is 2. The highest BCUT2D eigenvalue weighted by atomic mass is 16.5. The Morgan fingerprint density at radius 3 is 2.48 bits per heavy atom. The number of aromatic nitrogens is 3. The lowest BCUT2D eigenvalue weighted by Crippen LogP contribution is -2.47. The standard InChI is InChI=1S/C25H29N5O3/c1-32-22-9-4-3-7-19(22)28-17-15-27(16-18-28)12-6-14-30-20-10-11-23(33-2)26-24(20)29-13-5-8-21(29)25(30)31/h3-5,7-11,13H,6,12,14-18H2,1-2H3. The molecule has 1 aromatic carbocycles. The number of piperazine rings is 1. The zero-order valence-corrected chi connectivity index (χ0v) is 19.1. The molecule has 4 aromatic rings. The number of para-hydroxylation sites is 2. The fourth-order valence-corrected chi connectivity index (χ4v) is 4.69. The number of anilines is 1. The van der Waals surface area contributed by atoms with Gasteiger partial charge in [0.15, 0.2) is 5.65 Å². The van der Waals surface area contributed by atoms with Gasteiger partial charge in [-0.3, -0.25) is 14.1 Å². The summed E-state index contributed by atoms with van der Waals surface area (Å²) in [6, 6.07) is 15.6. The van der Waals surface area contributed by atoms with Crippen LogP contribution < -0.4 is 19.9 Å². The average molecular weight is 448 g/mol. The third-order valence-corrected chi connectivity index (χ3v) is 6.42. The maximum Gasteiger partial charge on any atom is 0.275 e. The minimum atomic E-state index is 0.0143. The summed E-state index contributed by atoms with van der Waals surface area (Å²) in [5.41, 5.74) is 3.36. The smallest absolute Gasteiger partial charge is 0.275 e. The third kappa shape index (κ3) is 4.02. The monoisotopic (exact) mass is 447 g/mol. The summed E-state index contributed by atoms with van der Waals surface area (Å²) < 4.78 is 14.5. The van der Waals surface area contributed by atoms with E-state index in [1.807, 2.05) is 51.6 Å². The highest BCUT2D eigenvalue weighted by Crippen LogP contribution is 2.28. The SMILES string of the molecule is COc1ccc2c(n1)n1cccc1c(=O)n2CCCN1CCN(c2ccccc2OC)CC1. The van der Waals surface area contributed by atoms with Crippen molar-refractivity contribution in [3.63, 3.8) is 0 Å². The largest absolute Gasteiger partial charge is 0.495 e. The van der Waals surface area contributed by atoms with Gasteiger partial charge in [-0.05, 0) is 43.3 Å². The van der Waals surface area contributed by atoms with E-state index in [0.717, 1.165) is 61.7 Å². The van der Waals surface area contributed by atoms with Crippen LogP contribution in [0, 0.1) is 0 Å². The van der Waals surface area contributed by atoms with Crippen LogP contribution in [-0.4, -0.2) is 65.8 Å². The number of fused-ring (bicyclic) bond motifs is 3. The number of aryl methyl sites for hydroxylation is 1. The molecule has 0 amide bonds. The molecule has 1 saturated heterocycles. The molecule has 1 fully saturated rings. The van der Waals surface area contributed by atoms with Crippen LogP contribution in [0.25, 0.3) is 16.7 Å². The molecule has 1 aliphatic heterocycles. The second-order valence-corrected chi connectivity index (χ2v) is 8.27. The maximum absolute atomic E-state index is 13.2. The van der Waals surface area contributed by atoms with Crippen LogP contribution >= 0.6 is 0 Å². The molecule has 0 radical (unpaired) electrons. The van der Waals surface area contributed by atoms with Gasteiger partial charge >= 0.3 is 0 Å². The van der Waals surface area contributed by atoms with Crippen molar-refractivity contribution in [1.29, 1.82) is 0 Å². The zero-order chi connectivity index (χ0) is 22.8. The molecule has 8 heteroatoms. The van der Waals surface area contributed by atoms with Crippen molar-refractivity contribution in [1.82, 2.24) is 18.9 Å². The summed E-state index contributed by atoms with van der Waals surface area (Å²) in [5, 5.41) is 0. The Morgan fingerprint density at radius 1 is 0.879 bits per heavy atom. The van der Waals surface area contributed by atoms with Gasteiger partial charge in [0.25, 0.3) is 5.56 Å². The fraction of sp³-hybridized carbons (Fsp3) is 0.360. The molecule has 0 unspecified atom stereocenters. The lowest BCUT2D eigenvalue weighted by atomic mass is 10.2. The van der Waals surface area contributed by atoms with Crippen LogP contribution in [0.3, 0.4) is 0 Å². The van der Waals surface area contributed by atoms with Crippen molar-refractivity contribution in [2.45, 2.75) is 13.0 Å². The Morgan fingerprint density at radius 2 is 1.70 bits per heavy atom. The number of nitrogens with zero attached hydrogens (tertiary/aromatic N) is 5. The Balaban J connectivity index is 1.27. The first kappa shape index (κ1) is 21.3. The molecule has 172 valence electrons. The molecule has 0 bridgehead atoms. The molecule has 33 heavy (non-hydrogen) atoms. The van der Waals surface area contributed by atoms with Gasteiger partial charge in [-0.2, -0.15) is 4.98 Å². The van der Waals surface area contributed by atoms with Crippen LogP contribution in [0.2, 0.25) is 0 Å². The van der Waals surface area contributed by atoms with Gasteiger partial charge in [0.05, 0.1) is 25.4 Å². The Hall–Kier alpha value is -3.52. The van der Waals surface area contributed by atoms with Gasteiger partial charge in [-0.1, -0.05) is 12.1 Å². The molecular formula is C25H29N5O3. The van der Waals surface area contributed by atoms with E-state index >= 15 is 0 Å². The van der Waals surface area contributed by atoms with Crippen molar-refractivity contribution in [3.8, 4) is 11.6 Å². The molecule has 3 aromatic heterocycles. The number of hydrogen-bond acceptors (Lipinski definition) is 6. The van der Waals surface area contributed by atoms with E-state index in [1.54, 1.807) is 14.2 Å². The lowest BCUT2D eigenvalue weighted by molar-refractivity contribution is 0.250. The summed E-state index contributed by atoms with van der Waals surface area (Å²) in [4.78, 5) is 22.6. The van der Waals surface area contributed by atoms with E-state index in [2.05, 4.69) is 26.9 Å². The molecule has 0 N–H and O–H groups in total. The molecule has 0 aliphatic carbocycles. The number of ether oxygens (including phenoxy) is 2. The van der Waals surface area contributed by atoms with E-state index in [-0.39, 0.29) is 5.56 Å². The van der Waals surface area contributed by atoms with Gasteiger partial charge in [-0.25, -0.2) is 0 Å². The van der Waals surface area contributed by atoms with Crippen molar-refractivity contribution in [2.75, 3.05) is 51.8 Å². The van der Waals surface area contributed by atoms with E-state index < -0.39 is 0 Å². The van der Waals surface area contributed by atoms with Crippen molar-refractivity contribution in [3.05, 3.63) is 65.1 Å². The molecule has 0 spiro atoms. The second kappa shape index (κ2) is 9.15. The zero-order valence-electron chi connectivity index (χ0n) is 19.1. The third-order valence-electron chi connectivity index (χ3n) is 6.42. The van der Waals surface area contributed by atoms with Crippen molar-refractivity contribution in [2.24, 2.45) is 0 Å². The van der Waals surface area contributed by atoms with Gasteiger partial charge in [0.2, 0.25) is 5.88 Å². The van der Waals surface area contributed by atoms with Crippen molar-refractivity contribution >= 4 is 22.4 Å². The van der Waals surface area contributed by atoms with Crippen LogP contribution in [0.4, 0.5) is 5.69 Å². The minimum Gasteiger partial charge on any atom is -0.495 e. The number of hydrogen-bond donors (Lipinski definition) is 0.